The van der Waals surface area contributed by atoms with Crippen molar-refractivity contribution in [3.8, 4) is 11.5 Å². The van der Waals surface area contributed by atoms with Crippen LogP contribution in [0.4, 0.5) is 0 Å². The number of hydrogen-bond donors (Lipinski definition) is 2. The highest BCUT2D eigenvalue weighted by atomic mass is 16.5. The third-order valence-electron chi connectivity index (χ3n) is 4.09. The maximum absolute atomic E-state index is 8.91. The van der Waals surface area contributed by atoms with Gasteiger partial charge < -0.3 is 19.9 Å². The molecule has 24 heavy (non-hydrogen) atoms. The molecule has 0 bridgehead atoms. The Hall–Kier alpha value is -2.04. The zero-order chi connectivity index (χ0) is 17.0. The molecule has 0 saturated heterocycles. The van der Waals surface area contributed by atoms with Crippen molar-refractivity contribution in [3.63, 3.8) is 0 Å². The molecule has 0 unspecified atom stereocenters. The van der Waals surface area contributed by atoms with E-state index in [2.05, 4.69) is 37.4 Å². The molecule has 2 aromatic rings. The van der Waals surface area contributed by atoms with E-state index < -0.39 is 0 Å². The Morgan fingerprint density at radius 3 is 2.83 bits per heavy atom. The summed E-state index contributed by atoms with van der Waals surface area (Å²) in [6.45, 7) is 6.10. The van der Waals surface area contributed by atoms with E-state index in [-0.39, 0.29) is 12.2 Å². The summed E-state index contributed by atoms with van der Waals surface area (Å²) < 4.78 is 11.5. The van der Waals surface area contributed by atoms with Crippen molar-refractivity contribution in [1.29, 1.82) is 0 Å². The van der Waals surface area contributed by atoms with E-state index in [1.165, 1.54) is 11.1 Å². The highest BCUT2D eigenvalue weighted by molar-refractivity contribution is 5.42. The largest absolute Gasteiger partial charge is 0.491 e. The van der Waals surface area contributed by atoms with Crippen LogP contribution < -0.4 is 14.8 Å². The molecule has 2 aromatic carbocycles. The van der Waals surface area contributed by atoms with E-state index in [0.29, 0.717) is 6.61 Å². The average molecular weight is 327 g/mol. The maximum Gasteiger partial charge on any atom is 0.123 e. The first-order chi connectivity index (χ1) is 11.6. The summed E-state index contributed by atoms with van der Waals surface area (Å²) in [5, 5.41) is 12.4. The van der Waals surface area contributed by atoms with Crippen molar-refractivity contribution >= 4 is 0 Å². The second-order valence-corrected chi connectivity index (χ2v) is 6.76. The number of aliphatic hydroxyl groups is 1. The Bertz CT molecular complexity index is 697. The second-order valence-electron chi connectivity index (χ2n) is 6.76. The van der Waals surface area contributed by atoms with E-state index in [0.717, 1.165) is 36.6 Å². The van der Waals surface area contributed by atoms with E-state index in [1.807, 2.05) is 24.3 Å². The molecule has 0 spiro atoms. The number of rotatable bonds is 7. The first kappa shape index (κ1) is 16.8. The molecule has 2 N–H and O–H groups in total. The molecule has 0 fully saturated rings. The lowest BCUT2D eigenvalue weighted by Crippen LogP contribution is -2.24. The SMILES string of the molecule is CC1(C)Cc2cc(CNCc3ccccc3OCCO)ccc2O1. The Morgan fingerprint density at radius 1 is 1.17 bits per heavy atom. The highest BCUT2D eigenvalue weighted by Crippen LogP contribution is 2.35. The Morgan fingerprint density at radius 2 is 2.00 bits per heavy atom. The summed E-state index contributed by atoms with van der Waals surface area (Å²) in [6.07, 6.45) is 0.952. The first-order valence-corrected chi connectivity index (χ1v) is 8.40. The predicted octanol–water partition coefficient (Wildman–Crippen LogP) is 3.06. The van der Waals surface area contributed by atoms with Gasteiger partial charge >= 0.3 is 0 Å². The van der Waals surface area contributed by atoms with Gasteiger partial charge in [0.05, 0.1) is 6.61 Å². The number of aliphatic hydroxyl groups excluding tert-OH is 1. The van der Waals surface area contributed by atoms with Crippen molar-refractivity contribution in [1.82, 2.24) is 5.32 Å². The number of hydrogen-bond acceptors (Lipinski definition) is 4. The lowest BCUT2D eigenvalue weighted by molar-refractivity contribution is 0.138. The van der Waals surface area contributed by atoms with Crippen molar-refractivity contribution in [2.45, 2.75) is 39.0 Å². The van der Waals surface area contributed by atoms with Crippen LogP contribution in [0.25, 0.3) is 0 Å². The van der Waals surface area contributed by atoms with Gasteiger partial charge in [0.1, 0.15) is 23.7 Å². The molecule has 4 nitrogen and oxygen atoms in total. The lowest BCUT2D eigenvalue weighted by Gasteiger charge is -2.16. The minimum absolute atomic E-state index is 0.0231. The van der Waals surface area contributed by atoms with Gasteiger partial charge in [-0.2, -0.15) is 0 Å². The van der Waals surface area contributed by atoms with Crippen LogP contribution in [0, 0.1) is 0 Å². The van der Waals surface area contributed by atoms with Crippen LogP contribution in [0.1, 0.15) is 30.5 Å². The highest BCUT2D eigenvalue weighted by Gasteiger charge is 2.29. The van der Waals surface area contributed by atoms with Gasteiger partial charge in [-0.05, 0) is 37.1 Å². The summed E-state index contributed by atoms with van der Waals surface area (Å²) >= 11 is 0. The second kappa shape index (κ2) is 7.24. The smallest absolute Gasteiger partial charge is 0.123 e. The third kappa shape index (κ3) is 4.08. The molecule has 0 amide bonds. The quantitative estimate of drug-likeness (QED) is 0.821. The summed E-state index contributed by atoms with van der Waals surface area (Å²) in [5.74, 6) is 1.83. The number of para-hydroxylation sites is 1. The normalized spacial score (nSPS) is 15.0. The van der Waals surface area contributed by atoms with Gasteiger partial charge in [-0.3, -0.25) is 0 Å². The van der Waals surface area contributed by atoms with Gasteiger partial charge in [0, 0.05) is 25.1 Å². The Labute approximate surface area is 143 Å². The molecule has 0 saturated carbocycles. The van der Waals surface area contributed by atoms with Gasteiger partial charge in [0.25, 0.3) is 0 Å². The van der Waals surface area contributed by atoms with Crippen LogP contribution in [0.2, 0.25) is 0 Å². The van der Waals surface area contributed by atoms with Gasteiger partial charge in [0.15, 0.2) is 0 Å². The van der Waals surface area contributed by atoms with E-state index in [1.54, 1.807) is 0 Å². The Balaban J connectivity index is 1.58. The van der Waals surface area contributed by atoms with Crippen LogP contribution in [0.15, 0.2) is 42.5 Å². The van der Waals surface area contributed by atoms with E-state index in [4.69, 9.17) is 14.6 Å². The molecule has 1 aliphatic heterocycles. The third-order valence-corrected chi connectivity index (χ3v) is 4.09. The summed E-state index contributed by atoms with van der Waals surface area (Å²) in [4.78, 5) is 0. The van der Waals surface area contributed by atoms with Gasteiger partial charge in [-0.1, -0.05) is 30.3 Å². The molecule has 1 heterocycles. The molecule has 4 heteroatoms. The molecule has 128 valence electrons. The van der Waals surface area contributed by atoms with Crippen molar-refractivity contribution in [3.05, 3.63) is 59.2 Å². The zero-order valence-corrected chi connectivity index (χ0v) is 14.3. The zero-order valence-electron chi connectivity index (χ0n) is 14.3. The predicted molar refractivity (Wildman–Crippen MR) is 94.4 cm³/mol. The van der Waals surface area contributed by atoms with Crippen LogP contribution in [-0.4, -0.2) is 23.9 Å². The Kier molecular flexibility index (Phi) is 5.07. The molecular weight excluding hydrogens is 302 g/mol. The average Bonchev–Trinajstić information content (AvgIpc) is 2.87. The summed E-state index contributed by atoms with van der Waals surface area (Å²) in [6, 6.07) is 14.3. The van der Waals surface area contributed by atoms with E-state index in [9.17, 15) is 0 Å². The molecule has 1 aliphatic rings. The van der Waals surface area contributed by atoms with Crippen LogP contribution in [0.5, 0.6) is 11.5 Å². The van der Waals surface area contributed by atoms with E-state index >= 15 is 0 Å². The van der Waals surface area contributed by atoms with Crippen LogP contribution >= 0.6 is 0 Å². The monoisotopic (exact) mass is 327 g/mol. The van der Waals surface area contributed by atoms with Crippen LogP contribution in [-0.2, 0) is 19.5 Å². The maximum atomic E-state index is 8.91. The molecule has 0 radical (unpaired) electrons. The minimum Gasteiger partial charge on any atom is -0.491 e. The number of ether oxygens (including phenoxy) is 2. The molecule has 0 aliphatic carbocycles. The van der Waals surface area contributed by atoms with Crippen molar-refractivity contribution in [2.24, 2.45) is 0 Å². The van der Waals surface area contributed by atoms with Crippen molar-refractivity contribution < 1.29 is 14.6 Å². The van der Waals surface area contributed by atoms with Crippen LogP contribution in [0.3, 0.4) is 0 Å². The first-order valence-electron chi connectivity index (χ1n) is 8.40. The fourth-order valence-corrected chi connectivity index (χ4v) is 3.06. The van der Waals surface area contributed by atoms with Gasteiger partial charge in [-0.15, -0.1) is 0 Å². The topological polar surface area (TPSA) is 50.7 Å². The summed E-state index contributed by atoms with van der Waals surface area (Å²) in [7, 11) is 0. The molecule has 3 rings (SSSR count). The number of benzene rings is 2. The summed E-state index contributed by atoms with van der Waals surface area (Å²) in [5.41, 5.74) is 3.53. The number of fused-ring (bicyclic) bond motifs is 1. The fraction of sp³-hybridized carbons (Fsp3) is 0.400. The molecule has 0 atom stereocenters. The standard InChI is InChI=1S/C20H25NO3/c1-20(2)12-17-11-15(7-8-19(17)24-20)13-21-14-16-5-3-4-6-18(16)23-10-9-22/h3-8,11,21-22H,9-10,12-14H2,1-2H3. The fourth-order valence-electron chi connectivity index (χ4n) is 3.06. The van der Waals surface area contributed by atoms with Gasteiger partial charge in [0.2, 0.25) is 0 Å². The van der Waals surface area contributed by atoms with Gasteiger partial charge in [-0.25, -0.2) is 0 Å². The molecule has 0 aromatic heterocycles. The van der Waals surface area contributed by atoms with Crippen molar-refractivity contribution in [2.75, 3.05) is 13.2 Å². The number of nitrogens with one attached hydrogen (secondary N) is 1. The molecular formula is C20H25NO3. The lowest BCUT2D eigenvalue weighted by atomic mass is 10.0. The minimum atomic E-state index is -0.0998.